The van der Waals surface area contributed by atoms with Gasteiger partial charge in [-0.3, -0.25) is 9.59 Å². The number of hydrogen-bond acceptors (Lipinski definition) is 4. The monoisotopic (exact) mass is 466 g/mol. The zero-order valence-electron chi connectivity index (χ0n) is 17.4. The van der Waals surface area contributed by atoms with Gasteiger partial charge in [0.1, 0.15) is 5.75 Å². The van der Waals surface area contributed by atoms with Crippen LogP contribution in [0.15, 0.2) is 59.5 Å². The maximum Gasteiger partial charge on any atom is 0.398 e. The molecule has 2 amide bonds. The zero-order chi connectivity index (χ0) is 23.0. The van der Waals surface area contributed by atoms with Gasteiger partial charge in [-0.1, -0.05) is 30.3 Å². The van der Waals surface area contributed by atoms with Crippen LogP contribution in [0.4, 0.5) is 18.9 Å². The number of alkyl halides is 3. The minimum atomic E-state index is -4.28. The predicted molar refractivity (Wildman–Crippen MR) is 118 cm³/mol. The van der Waals surface area contributed by atoms with E-state index in [1.54, 1.807) is 29.2 Å². The minimum absolute atomic E-state index is 0.0197. The summed E-state index contributed by atoms with van der Waals surface area (Å²) in [5.41, 5.74) is 0.378. The van der Waals surface area contributed by atoms with Gasteiger partial charge in [0.15, 0.2) is 0 Å². The molecule has 2 aromatic rings. The number of carbonyl (C=O) groups is 2. The highest BCUT2D eigenvalue weighted by Crippen LogP contribution is 2.32. The van der Waals surface area contributed by atoms with Crippen LogP contribution in [0.25, 0.3) is 0 Å². The number of halogens is 3. The van der Waals surface area contributed by atoms with Crippen molar-refractivity contribution in [3.63, 3.8) is 0 Å². The SMILES string of the molecule is O=C(Nc1ccccc1SCC(F)(F)F)C1CCN(C(=O)CCOc2ccccc2)CC1. The molecule has 0 spiro atoms. The summed E-state index contributed by atoms with van der Waals surface area (Å²) < 4.78 is 43.2. The molecule has 0 bridgehead atoms. The molecule has 0 saturated carbocycles. The minimum Gasteiger partial charge on any atom is -0.493 e. The molecule has 0 aromatic heterocycles. The van der Waals surface area contributed by atoms with E-state index in [4.69, 9.17) is 4.74 Å². The first-order valence-corrected chi connectivity index (χ1v) is 11.4. The number of para-hydroxylation sites is 2. The van der Waals surface area contributed by atoms with Crippen LogP contribution in [0, 0.1) is 5.92 Å². The number of ether oxygens (including phenoxy) is 1. The van der Waals surface area contributed by atoms with Gasteiger partial charge in [0, 0.05) is 23.9 Å². The topological polar surface area (TPSA) is 58.6 Å². The number of likely N-dealkylation sites (tertiary alicyclic amines) is 1. The molecule has 9 heteroatoms. The summed E-state index contributed by atoms with van der Waals surface area (Å²) in [5, 5.41) is 2.76. The average molecular weight is 467 g/mol. The number of rotatable bonds is 8. The molecule has 1 heterocycles. The first-order chi connectivity index (χ1) is 15.3. The molecule has 0 aliphatic carbocycles. The van der Waals surface area contributed by atoms with Gasteiger partial charge >= 0.3 is 6.18 Å². The van der Waals surface area contributed by atoms with Crippen LogP contribution in [0.1, 0.15) is 19.3 Å². The quantitative estimate of drug-likeness (QED) is 0.557. The average Bonchev–Trinajstić information content (AvgIpc) is 2.78. The van der Waals surface area contributed by atoms with Crippen molar-refractivity contribution < 1.29 is 27.5 Å². The third kappa shape index (κ3) is 7.47. The summed E-state index contributed by atoms with van der Waals surface area (Å²) in [4.78, 5) is 27.2. The van der Waals surface area contributed by atoms with Crippen molar-refractivity contribution in [2.75, 3.05) is 30.8 Å². The highest BCUT2D eigenvalue weighted by molar-refractivity contribution is 7.99. The molecule has 1 aliphatic rings. The van der Waals surface area contributed by atoms with Gasteiger partial charge in [-0.2, -0.15) is 13.2 Å². The molecule has 172 valence electrons. The van der Waals surface area contributed by atoms with E-state index in [0.29, 0.717) is 54.0 Å². The van der Waals surface area contributed by atoms with E-state index >= 15 is 0 Å². The normalized spacial score (nSPS) is 14.8. The van der Waals surface area contributed by atoms with Crippen molar-refractivity contribution in [3.05, 3.63) is 54.6 Å². The van der Waals surface area contributed by atoms with Crippen molar-refractivity contribution in [1.29, 1.82) is 0 Å². The maximum atomic E-state index is 12.7. The van der Waals surface area contributed by atoms with E-state index in [1.165, 1.54) is 0 Å². The highest BCUT2D eigenvalue weighted by Gasteiger charge is 2.29. The van der Waals surface area contributed by atoms with Crippen LogP contribution in [-0.2, 0) is 9.59 Å². The van der Waals surface area contributed by atoms with Crippen LogP contribution in [0.2, 0.25) is 0 Å². The summed E-state index contributed by atoms with van der Waals surface area (Å²) in [7, 11) is 0. The van der Waals surface area contributed by atoms with E-state index in [9.17, 15) is 22.8 Å². The Balaban J connectivity index is 1.44. The second kappa shape index (κ2) is 11.3. The molecule has 3 rings (SSSR count). The summed E-state index contributed by atoms with van der Waals surface area (Å²) >= 11 is 0.648. The van der Waals surface area contributed by atoms with Gasteiger partial charge in [0.25, 0.3) is 0 Å². The summed E-state index contributed by atoms with van der Waals surface area (Å²) in [5.74, 6) is -0.850. The summed E-state index contributed by atoms with van der Waals surface area (Å²) in [6.07, 6.45) is -3.01. The van der Waals surface area contributed by atoms with Crippen LogP contribution in [0.5, 0.6) is 5.75 Å². The Morgan fingerprint density at radius 1 is 1.03 bits per heavy atom. The fourth-order valence-corrected chi connectivity index (χ4v) is 4.18. The fraction of sp³-hybridized carbons (Fsp3) is 0.391. The van der Waals surface area contributed by atoms with Gasteiger partial charge in [-0.25, -0.2) is 0 Å². The Morgan fingerprint density at radius 2 is 1.69 bits per heavy atom. The predicted octanol–water partition coefficient (Wildman–Crippen LogP) is 4.99. The molecule has 5 nitrogen and oxygen atoms in total. The summed E-state index contributed by atoms with van der Waals surface area (Å²) in [6, 6.07) is 15.7. The fourth-order valence-electron chi connectivity index (χ4n) is 3.41. The first-order valence-electron chi connectivity index (χ1n) is 10.4. The summed E-state index contributed by atoms with van der Waals surface area (Å²) in [6.45, 7) is 1.22. The van der Waals surface area contributed by atoms with E-state index in [-0.39, 0.29) is 30.8 Å². The number of nitrogens with one attached hydrogen (secondary N) is 1. The standard InChI is InChI=1S/C23H25F3N2O3S/c24-23(25,26)16-32-20-9-5-4-8-19(20)27-22(30)17-10-13-28(14-11-17)21(29)12-15-31-18-6-2-1-3-7-18/h1-9,17H,10-16H2,(H,27,30). The Morgan fingerprint density at radius 3 is 2.38 bits per heavy atom. The number of nitrogens with zero attached hydrogens (tertiary/aromatic N) is 1. The highest BCUT2D eigenvalue weighted by atomic mass is 32.2. The van der Waals surface area contributed by atoms with Crippen LogP contribution >= 0.6 is 11.8 Å². The largest absolute Gasteiger partial charge is 0.493 e. The number of hydrogen-bond donors (Lipinski definition) is 1. The smallest absolute Gasteiger partial charge is 0.398 e. The lowest BCUT2D eigenvalue weighted by Crippen LogP contribution is -2.41. The third-order valence-electron chi connectivity index (χ3n) is 5.08. The maximum absolute atomic E-state index is 12.7. The van der Waals surface area contributed by atoms with Crippen molar-refractivity contribution in [3.8, 4) is 5.75 Å². The molecule has 1 fully saturated rings. The molecule has 1 saturated heterocycles. The molecule has 32 heavy (non-hydrogen) atoms. The molecule has 1 aliphatic heterocycles. The van der Waals surface area contributed by atoms with Gasteiger partial charge in [0.2, 0.25) is 11.8 Å². The van der Waals surface area contributed by atoms with Crippen LogP contribution < -0.4 is 10.1 Å². The number of thioether (sulfide) groups is 1. The second-order valence-corrected chi connectivity index (χ2v) is 8.47. The van der Waals surface area contributed by atoms with E-state index < -0.39 is 11.9 Å². The number of benzene rings is 2. The number of anilines is 1. The molecule has 0 atom stereocenters. The Kier molecular flexibility index (Phi) is 8.44. The Labute approximate surface area is 189 Å². The van der Waals surface area contributed by atoms with E-state index in [1.807, 2.05) is 30.3 Å². The Hall–Kier alpha value is -2.68. The Bertz CT molecular complexity index is 901. The molecule has 0 radical (unpaired) electrons. The van der Waals surface area contributed by atoms with Gasteiger partial charge < -0.3 is 15.0 Å². The zero-order valence-corrected chi connectivity index (χ0v) is 18.3. The van der Waals surface area contributed by atoms with Crippen molar-refractivity contribution in [1.82, 2.24) is 4.90 Å². The lowest BCUT2D eigenvalue weighted by Gasteiger charge is -2.31. The van der Waals surface area contributed by atoms with Gasteiger partial charge in [-0.15, -0.1) is 11.8 Å². The van der Waals surface area contributed by atoms with E-state index in [2.05, 4.69) is 5.32 Å². The molecule has 0 unspecified atom stereocenters. The lowest BCUT2D eigenvalue weighted by molar-refractivity contribution is -0.135. The third-order valence-corrected chi connectivity index (χ3v) is 6.22. The van der Waals surface area contributed by atoms with Crippen molar-refractivity contribution in [2.45, 2.75) is 30.3 Å². The van der Waals surface area contributed by atoms with Crippen molar-refractivity contribution >= 4 is 29.3 Å². The second-order valence-electron chi connectivity index (χ2n) is 7.46. The van der Waals surface area contributed by atoms with E-state index in [0.717, 1.165) is 0 Å². The van der Waals surface area contributed by atoms with Gasteiger partial charge in [0.05, 0.1) is 24.5 Å². The lowest BCUT2D eigenvalue weighted by atomic mass is 9.95. The number of amides is 2. The number of piperidine rings is 1. The van der Waals surface area contributed by atoms with Gasteiger partial charge in [-0.05, 0) is 37.1 Å². The van der Waals surface area contributed by atoms with Crippen molar-refractivity contribution in [2.24, 2.45) is 5.92 Å². The number of carbonyl (C=O) groups excluding carboxylic acids is 2. The molecule has 1 N–H and O–H groups in total. The van der Waals surface area contributed by atoms with Crippen LogP contribution in [0.3, 0.4) is 0 Å². The molecular formula is C23H25F3N2O3S. The molecular weight excluding hydrogens is 441 g/mol. The molecule has 2 aromatic carbocycles. The first kappa shape index (κ1) is 24.0. The van der Waals surface area contributed by atoms with Crippen LogP contribution in [-0.4, -0.2) is 48.3 Å².